The lowest BCUT2D eigenvalue weighted by Crippen LogP contribution is -2.11. The molecule has 0 radical (unpaired) electrons. The Morgan fingerprint density at radius 3 is 2.67 bits per heavy atom. The first-order valence-electron chi connectivity index (χ1n) is 8.26. The van der Waals surface area contributed by atoms with Gasteiger partial charge in [-0.25, -0.2) is 4.79 Å². The van der Waals surface area contributed by atoms with E-state index in [2.05, 4.69) is 11.6 Å². The molecule has 0 amide bonds. The maximum atomic E-state index is 11.5. The molecule has 0 aromatic heterocycles. The fourth-order valence-electron chi connectivity index (χ4n) is 2.47. The second-order valence-electron chi connectivity index (χ2n) is 5.75. The number of carboxylic acid groups (broad SMARTS) is 1. The quantitative estimate of drug-likeness (QED) is 0.413. The highest BCUT2D eigenvalue weighted by atomic mass is 16.5. The Hall–Kier alpha value is -3.41. The van der Waals surface area contributed by atoms with Crippen molar-refractivity contribution in [2.45, 2.75) is 13.3 Å². The molecule has 0 aliphatic carbocycles. The first kappa shape index (κ1) is 19.9. The summed E-state index contributed by atoms with van der Waals surface area (Å²) >= 11 is 0. The van der Waals surface area contributed by atoms with E-state index < -0.39 is 12.6 Å². The number of hydrogen-bond acceptors (Lipinski definition) is 5. The Morgan fingerprint density at radius 1 is 1.26 bits per heavy atom. The van der Waals surface area contributed by atoms with Gasteiger partial charge in [-0.2, -0.15) is 0 Å². The van der Waals surface area contributed by atoms with Crippen molar-refractivity contribution in [3.05, 3.63) is 65.7 Å². The second kappa shape index (κ2) is 9.33. The van der Waals surface area contributed by atoms with E-state index >= 15 is 0 Å². The minimum Gasteiger partial charge on any atom is -0.493 e. The molecule has 0 saturated heterocycles. The summed E-state index contributed by atoms with van der Waals surface area (Å²) in [6, 6.07) is 10.6. The summed E-state index contributed by atoms with van der Waals surface area (Å²) in [6.45, 7) is 4.76. The molecule has 140 valence electrons. The molecule has 2 aromatic carbocycles. The third kappa shape index (κ3) is 5.54. The number of methoxy groups -OCH3 is 1. The van der Waals surface area contributed by atoms with Gasteiger partial charge in [0.25, 0.3) is 0 Å². The van der Waals surface area contributed by atoms with Gasteiger partial charge in [-0.1, -0.05) is 18.2 Å². The van der Waals surface area contributed by atoms with Gasteiger partial charge in [0.1, 0.15) is 0 Å². The number of carbonyl (C=O) groups excluding carboxylic acids is 1. The number of ketones is 1. The van der Waals surface area contributed by atoms with Crippen LogP contribution in [0.3, 0.4) is 0 Å². The van der Waals surface area contributed by atoms with Crippen LogP contribution in [-0.2, 0) is 11.2 Å². The van der Waals surface area contributed by atoms with Crippen molar-refractivity contribution in [2.24, 2.45) is 4.99 Å². The van der Waals surface area contributed by atoms with Crippen LogP contribution in [0.25, 0.3) is 0 Å². The lowest BCUT2D eigenvalue weighted by molar-refractivity contribution is -0.139. The van der Waals surface area contributed by atoms with Gasteiger partial charge >= 0.3 is 5.97 Å². The fourth-order valence-corrected chi connectivity index (χ4v) is 2.47. The van der Waals surface area contributed by atoms with Crippen LogP contribution in [0, 0.1) is 0 Å². The SMILES string of the molecule is C=CCc1cc(C=Nc2cccc(C(C)=O)c2)cc(OC)c1OCC(=O)O. The van der Waals surface area contributed by atoms with Crippen LogP contribution in [-0.4, -0.2) is 36.8 Å². The van der Waals surface area contributed by atoms with Gasteiger partial charge in [-0.3, -0.25) is 9.79 Å². The van der Waals surface area contributed by atoms with Crippen LogP contribution in [0.2, 0.25) is 0 Å². The Morgan fingerprint density at radius 2 is 2.04 bits per heavy atom. The molecular formula is C21H21NO5. The highest BCUT2D eigenvalue weighted by molar-refractivity contribution is 5.95. The average molecular weight is 367 g/mol. The van der Waals surface area contributed by atoms with E-state index in [-0.39, 0.29) is 5.78 Å². The van der Waals surface area contributed by atoms with Gasteiger partial charge in [0.05, 0.1) is 12.8 Å². The Bertz CT molecular complexity index is 886. The van der Waals surface area contributed by atoms with E-state index in [4.69, 9.17) is 14.6 Å². The molecule has 27 heavy (non-hydrogen) atoms. The third-order valence-electron chi connectivity index (χ3n) is 3.69. The van der Waals surface area contributed by atoms with Crippen molar-refractivity contribution in [3.63, 3.8) is 0 Å². The van der Waals surface area contributed by atoms with E-state index in [1.54, 1.807) is 42.6 Å². The summed E-state index contributed by atoms with van der Waals surface area (Å²) in [7, 11) is 1.48. The molecule has 0 heterocycles. The van der Waals surface area contributed by atoms with Crippen molar-refractivity contribution in [3.8, 4) is 11.5 Å². The monoisotopic (exact) mass is 367 g/mol. The number of aliphatic carboxylic acids is 1. The van der Waals surface area contributed by atoms with Gasteiger partial charge in [0.2, 0.25) is 0 Å². The standard InChI is InChI=1S/C21H21NO5/c1-4-6-17-9-15(10-19(26-3)21(17)27-13-20(24)25)12-22-18-8-5-7-16(11-18)14(2)23/h4-5,7-12H,1,6,13H2,2-3H3,(H,24,25). The van der Waals surface area contributed by atoms with E-state index in [9.17, 15) is 9.59 Å². The molecule has 6 nitrogen and oxygen atoms in total. The third-order valence-corrected chi connectivity index (χ3v) is 3.69. The number of carbonyl (C=O) groups is 2. The molecule has 0 aliphatic heterocycles. The van der Waals surface area contributed by atoms with E-state index in [1.165, 1.54) is 14.0 Å². The average Bonchev–Trinajstić information content (AvgIpc) is 2.65. The summed E-state index contributed by atoms with van der Waals surface area (Å²) in [6.07, 6.45) is 3.82. The van der Waals surface area contributed by atoms with Crippen molar-refractivity contribution >= 4 is 23.7 Å². The first-order valence-corrected chi connectivity index (χ1v) is 8.26. The molecule has 0 fully saturated rings. The van der Waals surface area contributed by atoms with Crippen molar-refractivity contribution in [2.75, 3.05) is 13.7 Å². The number of rotatable bonds is 9. The normalized spacial score (nSPS) is 10.6. The minimum atomic E-state index is -1.07. The van der Waals surface area contributed by atoms with Crippen LogP contribution >= 0.6 is 0 Å². The summed E-state index contributed by atoms with van der Waals surface area (Å²) in [4.78, 5) is 26.7. The predicted molar refractivity (Wildman–Crippen MR) is 104 cm³/mol. The van der Waals surface area contributed by atoms with E-state index in [0.717, 1.165) is 11.1 Å². The number of ether oxygens (including phenoxy) is 2. The number of allylic oxidation sites excluding steroid dienone is 1. The number of hydrogen-bond donors (Lipinski definition) is 1. The van der Waals surface area contributed by atoms with Crippen LogP contribution in [0.15, 0.2) is 54.0 Å². The van der Waals surface area contributed by atoms with Gasteiger partial charge in [-0.05, 0) is 43.2 Å². The minimum absolute atomic E-state index is 0.0260. The molecule has 0 aliphatic rings. The predicted octanol–water partition coefficient (Wildman–Crippen LogP) is 3.84. The number of Topliss-reactive ketones (excluding diaryl/α,β-unsaturated/α-hetero) is 1. The molecule has 0 spiro atoms. The first-order chi connectivity index (χ1) is 12.9. The fraction of sp³-hybridized carbons (Fsp3) is 0.190. The van der Waals surface area contributed by atoms with Crippen molar-refractivity contribution in [1.82, 2.24) is 0 Å². The molecule has 0 saturated carbocycles. The summed E-state index contributed by atoms with van der Waals surface area (Å²) in [5.41, 5.74) is 2.73. The van der Waals surface area contributed by atoms with Gasteiger partial charge in [-0.15, -0.1) is 6.58 Å². The lowest BCUT2D eigenvalue weighted by atomic mass is 10.1. The number of aliphatic imine (C=N–C) groups is 1. The maximum absolute atomic E-state index is 11.5. The largest absolute Gasteiger partial charge is 0.493 e. The van der Waals surface area contributed by atoms with Crippen LogP contribution < -0.4 is 9.47 Å². The number of carboxylic acids is 1. The zero-order valence-electron chi connectivity index (χ0n) is 15.3. The highest BCUT2D eigenvalue weighted by Gasteiger charge is 2.13. The van der Waals surface area contributed by atoms with Crippen LogP contribution in [0.4, 0.5) is 5.69 Å². The molecule has 0 unspecified atom stereocenters. The molecular weight excluding hydrogens is 346 g/mol. The topological polar surface area (TPSA) is 85.2 Å². The molecule has 2 aromatic rings. The van der Waals surface area contributed by atoms with Crippen molar-refractivity contribution in [1.29, 1.82) is 0 Å². The molecule has 1 N–H and O–H groups in total. The van der Waals surface area contributed by atoms with Crippen LogP contribution in [0.1, 0.15) is 28.4 Å². The number of benzene rings is 2. The van der Waals surface area contributed by atoms with Gasteiger partial charge < -0.3 is 14.6 Å². The lowest BCUT2D eigenvalue weighted by Gasteiger charge is -2.14. The molecule has 6 heteroatoms. The summed E-state index contributed by atoms with van der Waals surface area (Å²) in [5, 5.41) is 8.85. The van der Waals surface area contributed by atoms with E-state index in [0.29, 0.717) is 29.2 Å². The van der Waals surface area contributed by atoms with Crippen LogP contribution in [0.5, 0.6) is 11.5 Å². The Kier molecular flexibility index (Phi) is 6.88. The number of nitrogens with zero attached hydrogens (tertiary/aromatic N) is 1. The smallest absolute Gasteiger partial charge is 0.341 e. The zero-order valence-corrected chi connectivity index (χ0v) is 15.3. The Labute approximate surface area is 157 Å². The molecule has 2 rings (SSSR count). The van der Waals surface area contributed by atoms with E-state index in [1.807, 2.05) is 6.07 Å². The summed E-state index contributed by atoms with van der Waals surface area (Å²) < 4.78 is 10.7. The Balaban J connectivity index is 2.37. The van der Waals surface area contributed by atoms with Gasteiger partial charge in [0.15, 0.2) is 23.9 Å². The second-order valence-corrected chi connectivity index (χ2v) is 5.75. The summed E-state index contributed by atoms with van der Waals surface area (Å²) in [5.74, 6) is -0.315. The maximum Gasteiger partial charge on any atom is 0.341 e. The molecule has 0 atom stereocenters. The molecule has 0 bridgehead atoms. The zero-order chi connectivity index (χ0) is 19.8. The van der Waals surface area contributed by atoms with Gasteiger partial charge in [0, 0.05) is 17.3 Å². The highest BCUT2D eigenvalue weighted by Crippen LogP contribution is 2.33. The van der Waals surface area contributed by atoms with Crippen molar-refractivity contribution < 1.29 is 24.2 Å².